The summed E-state index contributed by atoms with van der Waals surface area (Å²) >= 11 is 0. The number of carbonyl (C=O) groups excluding carboxylic acids is 2. The van der Waals surface area contributed by atoms with E-state index >= 15 is 0 Å². The number of methoxy groups -OCH3 is 1. The van der Waals surface area contributed by atoms with Crippen LogP contribution in [0.1, 0.15) is 10.4 Å². The Morgan fingerprint density at radius 2 is 1.92 bits per heavy atom. The molecule has 0 aromatic heterocycles. The molecule has 0 bridgehead atoms. The molecular formula is C16H23N3O6S. The van der Waals surface area contributed by atoms with E-state index in [2.05, 4.69) is 5.32 Å². The number of morpholine rings is 1. The molecule has 1 saturated heterocycles. The van der Waals surface area contributed by atoms with Gasteiger partial charge in [-0.15, -0.1) is 0 Å². The van der Waals surface area contributed by atoms with Crippen LogP contribution in [0.15, 0.2) is 23.1 Å². The van der Waals surface area contributed by atoms with Gasteiger partial charge in [0.15, 0.2) is 0 Å². The van der Waals surface area contributed by atoms with Crippen molar-refractivity contribution in [3.05, 3.63) is 23.8 Å². The Bertz CT molecular complexity index is 772. The maximum Gasteiger partial charge on any atom is 0.251 e. The fraction of sp³-hybridized carbons (Fsp3) is 0.500. The number of hydrogen-bond donors (Lipinski definition) is 1. The van der Waals surface area contributed by atoms with Gasteiger partial charge in [0.2, 0.25) is 15.9 Å². The summed E-state index contributed by atoms with van der Waals surface area (Å²) in [6.07, 6.45) is 0. The minimum absolute atomic E-state index is 0.0894. The number of nitrogens with one attached hydrogen (secondary N) is 1. The van der Waals surface area contributed by atoms with Gasteiger partial charge in [0, 0.05) is 32.7 Å². The van der Waals surface area contributed by atoms with Crippen molar-refractivity contribution in [2.75, 3.05) is 54.1 Å². The van der Waals surface area contributed by atoms with Crippen LogP contribution in [0.4, 0.5) is 0 Å². The fourth-order valence-corrected chi connectivity index (χ4v) is 3.95. The maximum atomic E-state index is 12.9. The van der Waals surface area contributed by atoms with E-state index in [0.29, 0.717) is 13.2 Å². The number of ether oxygens (including phenoxy) is 2. The van der Waals surface area contributed by atoms with Gasteiger partial charge in [-0.3, -0.25) is 9.59 Å². The Morgan fingerprint density at radius 1 is 1.27 bits per heavy atom. The smallest absolute Gasteiger partial charge is 0.251 e. The highest BCUT2D eigenvalue weighted by molar-refractivity contribution is 7.89. The summed E-state index contributed by atoms with van der Waals surface area (Å²) in [5.41, 5.74) is 0.129. The number of nitrogens with zero attached hydrogens (tertiary/aromatic N) is 2. The van der Waals surface area contributed by atoms with Crippen LogP contribution in [0, 0.1) is 0 Å². The number of amides is 2. The van der Waals surface area contributed by atoms with E-state index in [1.807, 2.05) is 0 Å². The molecule has 144 valence electrons. The quantitative estimate of drug-likeness (QED) is 0.710. The Morgan fingerprint density at radius 3 is 2.50 bits per heavy atom. The van der Waals surface area contributed by atoms with E-state index in [0.717, 1.165) is 0 Å². The van der Waals surface area contributed by atoms with Crippen LogP contribution < -0.4 is 10.1 Å². The molecule has 0 radical (unpaired) electrons. The summed E-state index contributed by atoms with van der Waals surface area (Å²) in [7, 11) is 0.688. The molecule has 0 aliphatic carbocycles. The lowest BCUT2D eigenvalue weighted by molar-refractivity contribution is -0.127. The normalized spacial score (nSPS) is 15.3. The van der Waals surface area contributed by atoms with Crippen LogP contribution in [0.3, 0.4) is 0 Å². The van der Waals surface area contributed by atoms with E-state index < -0.39 is 15.9 Å². The summed E-state index contributed by atoms with van der Waals surface area (Å²) in [4.78, 5) is 25.1. The molecule has 1 aliphatic rings. The minimum atomic E-state index is -3.83. The average Bonchev–Trinajstić information content (AvgIpc) is 2.65. The van der Waals surface area contributed by atoms with E-state index in [1.165, 1.54) is 34.5 Å². The third kappa shape index (κ3) is 4.51. The topological polar surface area (TPSA) is 105 Å². The molecule has 0 atom stereocenters. The molecule has 1 N–H and O–H groups in total. The first-order chi connectivity index (χ1) is 12.3. The molecule has 26 heavy (non-hydrogen) atoms. The summed E-state index contributed by atoms with van der Waals surface area (Å²) < 4.78 is 37.4. The van der Waals surface area contributed by atoms with Gasteiger partial charge in [0.05, 0.1) is 26.9 Å². The minimum Gasteiger partial charge on any atom is -0.495 e. The molecule has 0 spiro atoms. The molecule has 1 aromatic rings. The molecule has 10 heteroatoms. The van der Waals surface area contributed by atoms with E-state index in [-0.39, 0.29) is 41.7 Å². The number of hydrogen-bond acceptors (Lipinski definition) is 6. The largest absolute Gasteiger partial charge is 0.495 e. The van der Waals surface area contributed by atoms with Crippen molar-refractivity contribution in [3.63, 3.8) is 0 Å². The highest BCUT2D eigenvalue weighted by atomic mass is 32.2. The van der Waals surface area contributed by atoms with Crippen molar-refractivity contribution in [1.82, 2.24) is 14.5 Å². The van der Waals surface area contributed by atoms with Crippen LogP contribution in [-0.2, 0) is 19.6 Å². The van der Waals surface area contributed by atoms with Gasteiger partial charge in [0.25, 0.3) is 5.91 Å². The van der Waals surface area contributed by atoms with Crippen LogP contribution in [0.2, 0.25) is 0 Å². The van der Waals surface area contributed by atoms with Gasteiger partial charge in [0.1, 0.15) is 10.6 Å². The number of likely N-dealkylation sites (N-methyl/N-ethyl adjacent to an activating group) is 1. The zero-order chi connectivity index (χ0) is 19.3. The molecule has 9 nitrogen and oxygen atoms in total. The predicted molar refractivity (Wildman–Crippen MR) is 93.6 cm³/mol. The van der Waals surface area contributed by atoms with Crippen molar-refractivity contribution in [2.45, 2.75) is 4.90 Å². The van der Waals surface area contributed by atoms with Crippen molar-refractivity contribution in [3.8, 4) is 5.75 Å². The van der Waals surface area contributed by atoms with Crippen LogP contribution in [-0.4, -0.2) is 83.5 Å². The zero-order valence-electron chi connectivity index (χ0n) is 15.0. The Balaban J connectivity index is 2.27. The molecule has 0 unspecified atom stereocenters. The monoisotopic (exact) mass is 385 g/mol. The van der Waals surface area contributed by atoms with Crippen molar-refractivity contribution in [2.24, 2.45) is 0 Å². The SMILES string of the molecule is COc1ccc(C(=O)NCC(=O)N(C)C)cc1S(=O)(=O)N1CCOCC1. The molecule has 2 rings (SSSR count). The average molecular weight is 385 g/mol. The Kier molecular flexibility index (Phi) is 6.57. The number of sulfonamides is 1. The van der Waals surface area contributed by atoms with Gasteiger partial charge >= 0.3 is 0 Å². The summed E-state index contributed by atoms with van der Waals surface area (Å²) in [5.74, 6) is -0.660. The Labute approximate surface area is 152 Å². The summed E-state index contributed by atoms with van der Waals surface area (Å²) in [5, 5.41) is 2.48. The van der Waals surface area contributed by atoms with Gasteiger partial charge in [-0.05, 0) is 18.2 Å². The lowest BCUT2D eigenvalue weighted by Crippen LogP contribution is -2.41. The molecule has 1 aromatic carbocycles. The first-order valence-electron chi connectivity index (χ1n) is 8.01. The summed E-state index contributed by atoms with van der Waals surface area (Å²) in [6.45, 7) is 0.921. The van der Waals surface area contributed by atoms with Crippen LogP contribution >= 0.6 is 0 Å². The Hall–Kier alpha value is -2.17. The van der Waals surface area contributed by atoms with Gasteiger partial charge in [-0.25, -0.2) is 8.42 Å². The summed E-state index contributed by atoms with van der Waals surface area (Å²) in [6, 6.07) is 4.14. The number of rotatable bonds is 6. The lowest BCUT2D eigenvalue weighted by Gasteiger charge is -2.26. The lowest BCUT2D eigenvalue weighted by atomic mass is 10.2. The molecule has 1 heterocycles. The van der Waals surface area contributed by atoms with E-state index in [4.69, 9.17) is 9.47 Å². The number of benzene rings is 1. The first-order valence-corrected chi connectivity index (χ1v) is 9.45. The van der Waals surface area contributed by atoms with E-state index in [9.17, 15) is 18.0 Å². The van der Waals surface area contributed by atoms with Crippen molar-refractivity contribution in [1.29, 1.82) is 0 Å². The van der Waals surface area contributed by atoms with Crippen molar-refractivity contribution >= 4 is 21.8 Å². The molecular weight excluding hydrogens is 362 g/mol. The maximum absolute atomic E-state index is 12.9. The van der Waals surface area contributed by atoms with Crippen LogP contribution in [0.25, 0.3) is 0 Å². The highest BCUT2D eigenvalue weighted by Crippen LogP contribution is 2.28. The second kappa shape index (κ2) is 8.47. The predicted octanol–water partition coefficient (Wildman–Crippen LogP) is -0.466. The molecule has 0 saturated carbocycles. The standard InChI is InChI=1S/C16H23N3O6S/c1-18(2)15(20)11-17-16(21)12-4-5-13(24-3)14(10-12)26(22,23)19-6-8-25-9-7-19/h4-5,10H,6-9,11H2,1-3H3,(H,17,21). The van der Waals surface area contributed by atoms with Gasteiger partial charge in [-0.1, -0.05) is 0 Å². The zero-order valence-corrected chi connectivity index (χ0v) is 15.8. The highest BCUT2D eigenvalue weighted by Gasteiger charge is 2.30. The molecule has 1 fully saturated rings. The van der Waals surface area contributed by atoms with Gasteiger partial charge < -0.3 is 19.7 Å². The third-order valence-corrected chi connectivity index (χ3v) is 5.83. The second-order valence-corrected chi connectivity index (χ2v) is 7.76. The number of carbonyl (C=O) groups is 2. The second-order valence-electron chi connectivity index (χ2n) is 5.85. The first kappa shape index (κ1) is 20.1. The van der Waals surface area contributed by atoms with Gasteiger partial charge in [-0.2, -0.15) is 4.31 Å². The third-order valence-electron chi connectivity index (χ3n) is 3.91. The molecule has 2 amide bonds. The van der Waals surface area contributed by atoms with E-state index in [1.54, 1.807) is 14.1 Å². The van der Waals surface area contributed by atoms with Crippen LogP contribution in [0.5, 0.6) is 5.75 Å². The van der Waals surface area contributed by atoms with Crippen molar-refractivity contribution < 1.29 is 27.5 Å². The molecule has 1 aliphatic heterocycles. The fourth-order valence-electron chi connectivity index (χ4n) is 2.36.